The molecule has 1 saturated heterocycles. The van der Waals surface area contributed by atoms with Crippen molar-refractivity contribution in [1.82, 2.24) is 4.90 Å². The molecule has 0 radical (unpaired) electrons. The quantitative estimate of drug-likeness (QED) is 0.683. The van der Waals surface area contributed by atoms with Crippen molar-refractivity contribution in [3.8, 4) is 0 Å². The number of carbonyl (C=O) groups is 1. The lowest BCUT2D eigenvalue weighted by Gasteiger charge is -2.32. The van der Waals surface area contributed by atoms with Gasteiger partial charge in [0, 0.05) is 17.6 Å². The van der Waals surface area contributed by atoms with Crippen LogP contribution in [0.5, 0.6) is 0 Å². The summed E-state index contributed by atoms with van der Waals surface area (Å²) in [5, 5.41) is -0.657. The fourth-order valence-electron chi connectivity index (χ4n) is 3.12. The molecule has 138 valence electrons. The smallest absolute Gasteiger partial charge is 0.227 e. The molecule has 1 atom stereocenters. The van der Waals surface area contributed by atoms with E-state index in [0.717, 1.165) is 22.2 Å². The third kappa shape index (κ3) is 4.32. The molecule has 1 heterocycles. The van der Waals surface area contributed by atoms with Crippen LogP contribution in [-0.2, 0) is 21.1 Å². The largest absolute Gasteiger partial charge is 0.341 e. The molecule has 4 nitrogen and oxygen atoms in total. The number of likely N-dealkylation sites (tertiary alicyclic amines) is 1. The van der Waals surface area contributed by atoms with Gasteiger partial charge in [-0.3, -0.25) is 4.79 Å². The Morgan fingerprint density at radius 3 is 2.42 bits per heavy atom. The molecule has 1 fully saturated rings. The van der Waals surface area contributed by atoms with Crippen molar-refractivity contribution >= 4 is 31.7 Å². The normalized spacial score (nSPS) is 17.9. The first-order valence-electron chi connectivity index (χ1n) is 8.38. The van der Waals surface area contributed by atoms with Gasteiger partial charge >= 0.3 is 0 Å². The first-order chi connectivity index (χ1) is 12.4. The molecule has 1 amide bonds. The van der Waals surface area contributed by atoms with E-state index in [4.69, 9.17) is 0 Å². The van der Waals surface area contributed by atoms with Crippen molar-refractivity contribution < 1.29 is 17.6 Å². The van der Waals surface area contributed by atoms with Crippen LogP contribution in [0, 0.1) is 5.82 Å². The summed E-state index contributed by atoms with van der Waals surface area (Å²) in [4.78, 5) is 14.3. The number of nitrogens with zero attached hydrogens (tertiary/aromatic N) is 1. The van der Waals surface area contributed by atoms with Gasteiger partial charge in [-0.25, -0.2) is 12.8 Å². The Balaban J connectivity index is 1.71. The van der Waals surface area contributed by atoms with Gasteiger partial charge in [0.05, 0.1) is 16.6 Å². The minimum absolute atomic E-state index is 0.0775. The molecule has 0 bridgehead atoms. The van der Waals surface area contributed by atoms with Crippen LogP contribution in [0.1, 0.15) is 18.4 Å². The summed E-state index contributed by atoms with van der Waals surface area (Å²) in [7, 11) is -3.59. The summed E-state index contributed by atoms with van der Waals surface area (Å²) in [5.41, 5.74) is 0.890. The van der Waals surface area contributed by atoms with Gasteiger partial charge in [0.2, 0.25) is 5.91 Å². The number of hydrogen-bond donors (Lipinski definition) is 0. The molecule has 0 saturated carbocycles. The Labute approximate surface area is 161 Å². The topological polar surface area (TPSA) is 54.5 Å². The van der Waals surface area contributed by atoms with Crippen LogP contribution in [0.4, 0.5) is 4.39 Å². The van der Waals surface area contributed by atoms with Gasteiger partial charge in [-0.05, 0) is 54.8 Å². The number of sulfone groups is 1. The van der Waals surface area contributed by atoms with Crippen LogP contribution in [-0.4, -0.2) is 37.6 Å². The Hall–Kier alpha value is -1.73. The molecule has 0 unspecified atom stereocenters. The highest BCUT2D eigenvalue weighted by Crippen LogP contribution is 2.24. The van der Waals surface area contributed by atoms with Crippen LogP contribution in [0.15, 0.2) is 57.9 Å². The highest BCUT2D eigenvalue weighted by molar-refractivity contribution is 9.10. The summed E-state index contributed by atoms with van der Waals surface area (Å²) in [5.74, 6) is -0.551. The standard InChI is InChI=1S/C19H19BrFNO3S/c20-15-5-3-14(4-6-15)12-19(23)22-11-1-2-18(13-22)26(24,25)17-9-7-16(21)8-10-17/h3-10,18H,1-2,11-13H2/t18-/m1/s1. The maximum Gasteiger partial charge on any atom is 0.227 e. The predicted octanol–water partition coefficient (Wildman–Crippen LogP) is 3.60. The van der Waals surface area contributed by atoms with Crippen LogP contribution in [0.3, 0.4) is 0 Å². The van der Waals surface area contributed by atoms with E-state index in [-0.39, 0.29) is 23.8 Å². The van der Waals surface area contributed by atoms with Crippen molar-refractivity contribution in [2.75, 3.05) is 13.1 Å². The predicted molar refractivity (Wildman–Crippen MR) is 101 cm³/mol. The van der Waals surface area contributed by atoms with E-state index in [9.17, 15) is 17.6 Å². The molecule has 0 spiro atoms. The number of carbonyl (C=O) groups excluding carboxylic acids is 1. The van der Waals surface area contributed by atoms with Crippen LogP contribution in [0.25, 0.3) is 0 Å². The molecule has 2 aromatic rings. The summed E-state index contributed by atoms with van der Waals surface area (Å²) in [6.45, 7) is 0.736. The second kappa shape index (κ2) is 7.88. The van der Waals surface area contributed by atoms with E-state index in [1.807, 2.05) is 24.3 Å². The number of benzene rings is 2. The van der Waals surface area contributed by atoms with E-state index < -0.39 is 20.9 Å². The maximum absolute atomic E-state index is 13.1. The number of rotatable bonds is 4. The van der Waals surface area contributed by atoms with Crippen LogP contribution in [0.2, 0.25) is 0 Å². The molecule has 0 N–H and O–H groups in total. The number of halogens is 2. The highest BCUT2D eigenvalue weighted by Gasteiger charge is 2.33. The zero-order valence-electron chi connectivity index (χ0n) is 14.1. The van der Waals surface area contributed by atoms with Crippen molar-refractivity contribution in [2.24, 2.45) is 0 Å². The lowest BCUT2D eigenvalue weighted by molar-refractivity contribution is -0.131. The van der Waals surface area contributed by atoms with Gasteiger partial charge in [0.15, 0.2) is 9.84 Å². The first-order valence-corrected chi connectivity index (χ1v) is 10.7. The monoisotopic (exact) mass is 439 g/mol. The minimum Gasteiger partial charge on any atom is -0.341 e. The molecular formula is C19H19BrFNO3S. The van der Waals surface area contributed by atoms with E-state index >= 15 is 0 Å². The van der Waals surface area contributed by atoms with Crippen molar-refractivity contribution in [1.29, 1.82) is 0 Å². The minimum atomic E-state index is -3.59. The van der Waals surface area contributed by atoms with Gasteiger partial charge in [-0.15, -0.1) is 0 Å². The zero-order valence-corrected chi connectivity index (χ0v) is 16.5. The van der Waals surface area contributed by atoms with Crippen molar-refractivity contribution in [2.45, 2.75) is 29.4 Å². The van der Waals surface area contributed by atoms with E-state index in [0.29, 0.717) is 19.4 Å². The lowest BCUT2D eigenvalue weighted by Crippen LogP contribution is -2.45. The summed E-state index contributed by atoms with van der Waals surface area (Å²) in [6, 6.07) is 12.4. The van der Waals surface area contributed by atoms with Crippen molar-refractivity contribution in [3.63, 3.8) is 0 Å². The van der Waals surface area contributed by atoms with Gasteiger partial charge in [-0.1, -0.05) is 28.1 Å². The van der Waals surface area contributed by atoms with Gasteiger partial charge in [-0.2, -0.15) is 0 Å². The third-order valence-electron chi connectivity index (χ3n) is 4.58. The first kappa shape index (κ1) is 19.0. The second-order valence-electron chi connectivity index (χ2n) is 6.41. The maximum atomic E-state index is 13.1. The molecule has 0 aromatic heterocycles. The Kier molecular flexibility index (Phi) is 5.77. The fourth-order valence-corrected chi connectivity index (χ4v) is 5.14. The molecule has 1 aliphatic rings. The summed E-state index contributed by atoms with van der Waals surface area (Å²) < 4.78 is 39.6. The summed E-state index contributed by atoms with van der Waals surface area (Å²) in [6.07, 6.45) is 1.38. The van der Waals surface area contributed by atoms with Gasteiger partial charge in [0.1, 0.15) is 5.82 Å². The zero-order chi connectivity index (χ0) is 18.7. The fraction of sp³-hybridized carbons (Fsp3) is 0.316. The molecular weight excluding hydrogens is 421 g/mol. The van der Waals surface area contributed by atoms with Crippen LogP contribution >= 0.6 is 15.9 Å². The van der Waals surface area contributed by atoms with Crippen LogP contribution < -0.4 is 0 Å². The molecule has 1 aliphatic heterocycles. The lowest BCUT2D eigenvalue weighted by atomic mass is 10.1. The molecule has 3 rings (SSSR count). The van der Waals surface area contributed by atoms with Gasteiger partial charge in [0.25, 0.3) is 0 Å². The van der Waals surface area contributed by atoms with E-state index in [2.05, 4.69) is 15.9 Å². The average Bonchev–Trinajstić information content (AvgIpc) is 2.64. The Morgan fingerprint density at radius 1 is 1.12 bits per heavy atom. The SMILES string of the molecule is O=C(Cc1ccc(Br)cc1)N1CCC[C@@H](S(=O)(=O)c2ccc(F)cc2)C1. The molecule has 0 aliphatic carbocycles. The third-order valence-corrected chi connectivity index (χ3v) is 7.30. The Bertz CT molecular complexity index is 882. The summed E-state index contributed by atoms with van der Waals surface area (Å²) >= 11 is 3.36. The number of amides is 1. The van der Waals surface area contributed by atoms with Gasteiger partial charge < -0.3 is 4.90 Å². The Morgan fingerprint density at radius 2 is 1.77 bits per heavy atom. The highest BCUT2D eigenvalue weighted by atomic mass is 79.9. The number of piperidine rings is 1. The number of hydrogen-bond acceptors (Lipinski definition) is 3. The van der Waals surface area contributed by atoms with E-state index in [1.165, 1.54) is 12.1 Å². The molecule has 7 heteroatoms. The second-order valence-corrected chi connectivity index (χ2v) is 9.55. The van der Waals surface area contributed by atoms with E-state index in [1.54, 1.807) is 4.90 Å². The molecule has 26 heavy (non-hydrogen) atoms. The average molecular weight is 440 g/mol. The molecule has 2 aromatic carbocycles. The van der Waals surface area contributed by atoms with Crippen molar-refractivity contribution in [3.05, 3.63) is 64.4 Å².